The lowest BCUT2D eigenvalue weighted by atomic mass is 9.85. The fraction of sp³-hybridized carbons (Fsp3) is 0.909. The highest BCUT2D eigenvalue weighted by molar-refractivity contribution is 5.81. The van der Waals surface area contributed by atoms with E-state index >= 15 is 0 Å². The molecular weight excluding hydrogens is 146 g/mol. The molecule has 0 aromatic rings. The van der Waals surface area contributed by atoms with Gasteiger partial charge >= 0.3 is 0 Å². The van der Waals surface area contributed by atoms with Crippen LogP contribution in [0.2, 0.25) is 0 Å². The Labute approximate surface area is 76.1 Å². The van der Waals surface area contributed by atoms with Crippen LogP contribution in [0, 0.1) is 23.2 Å². The maximum atomic E-state index is 7.74. The molecule has 1 saturated carbocycles. The monoisotopic (exact) mass is 167 g/mol. The van der Waals surface area contributed by atoms with Crippen molar-refractivity contribution in [3.8, 4) is 0 Å². The molecule has 1 aliphatic carbocycles. The van der Waals surface area contributed by atoms with Crippen LogP contribution in [0.15, 0.2) is 0 Å². The molecule has 1 rings (SSSR count). The molecule has 1 heteroatoms. The van der Waals surface area contributed by atoms with Gasteiger partial charge in [0.1, 0.15) is 0 Å². The third kappa shape index (κ3) is 2.62. The molecule has 70 valence electrons. The Morgan fingerprint density at radius 1 is 1.42 bits per heavy atom. The summed E-state index contributed by atoms with van der Waals surface area (Å²) in [6, 6.07) is 0. The first-order chi connectivity index (χ1) is 5.59. The Hall–Kier alpha value is -0.330. The lowest BCUT2D eigenvalue weighted by Crippen LogP contribution is -2.12. The molecule has 2 unspecified atom stereocenters. The topological polar surface area (TPSA) is 23.9 Å². The van der Waals surface area contributed by atoms with E-state index in [0.29, 0.717) is 0 Å². The van der Waals surface area contributed by atoms with Crippen LogP contribution in [0.3, 0.4) is 0 Å². The fourth-order valence-corrected chi connectivity index (χ4v) is 2.07. The van der Waals surface area contributed by atoms with E-state index in [0.717, 1.165) is 36.3 Å². The lowest BCUT2D eigenvalue weighted by Gasteiger charge is -2.20. The van der Waals surface area contributed by atoms with Crippen molar-refractivity contribution in [2.45, 2.75) is 46.5 Å². The zero-order valence-corrected chi connectivity index (χ0v) is 8.56. The normalized spacial score (nSPS) is 32.2. The van der Waals surface area contributed by atoms with Gasteiger partial charge in [-0.15, -0.1) is 0 Å². The summed E-state index contributed by atoms with van der Waals surface area (Å²) in [6.45, 7) is 6.90. The van der Waals surface area contributed by atoms with E-state index in [4.69, 9.17) is 5.41 Å². The van der Waals surface area contributed by atoms with E-state index in [2.05, 4.69) is 20.8 Å². The molecule has 1 aliphatic rings. The van der Waals surface area contributed by atoms with Gasteiger partial charge in [-0.1, -0.05) is 20.8 Å². The number of rotatable bonds is 1. The van der Waals surface area contributed by atoms with Crippen LogP contribution < -0.4 is 0 Å². The molecule has 0 radical (unpaired) electrons. The summed E-state index contributed by atoms with van der Waals surface area (Å²) in [7, 11) is 0. The molecule has 0 amide bonds. The highest BCUT2D eigenvalue weighted by Crippen LogP contribution is 2.30. The summed E-state index contributed by atoms with van der Waals surface area (Å²) in [5.41, 5.74) is 0.984. The van der Waals surface area contributed by atoms with E-state index in [1.54, 1.807) is 0 Å². The van der Waals surface area contributed by atoms with Crippen molar-refractivity contribution in [2.75, 3.05) is 0 Å². The summed E-state index contributed by atoms with van der Waals surface area (Å²) in [6.07, 6.45) is 4.68. The Balaban J connectivity index is 2.55. The molecule has 12 heavy (non-hydrogen) atoms. The molecule has 1 N–H and O–H groups in total. The molecule has 1 fully saturated rings. The van der Waals surface area contributed by atoms with Crippen LogP contribution >= 0.6 is 0 Å². The molecule has 2 atom stereocenters. The lowest BCUT2D eigenvalue weighted by molar-refractivity contribution is 0.321. The average Bonchev–Trinajstić information content (AvgIpc) is 2.13. The first kappa shape index (κ1) is 9.76. The first-order valence-corrected chi connectivity index (χ1v) is 5.16. The molecule has 0 saturated heterocycles. The van der Waals surface area contributed by atoms with Crippen LogP contribution in [0.25, 0.3) is 0 Å². The number of nitrogens with one attached hydrogen (secondary N) is 1. The summed E-state index contributed by atoms with van der Waals surface area (Å²) in [5, 5.41) is 7.74. The van der Waals surface area contributed by atoms with Gasteiger partial charge in [-0.2, -0.15) is 0 Å². The van der Waals surface area contributed by atoms with Gasteiger partial charge in [-0.05, 0) is 43.4 Å². The van der Waals surface area contributed by atoms with Gasteiger partial charge in [-0.25, -0.2) is 0 Å². The second kappa shape index (κ2) is 4.06. The van der Waals surface area contributed by atoms with Crippen molar-refractivity contribution in [3.05, 3.63) is 0 Å². The highest BCUT2D eigenvalue weighted by atomic mass is 14.4. The van der Waals surface area contributed by atoms with Crippen LogP contribution in [0.4, 0.5) is 0 Å². The van der Waals surface area contributed by atoms with E-state index < -0.39 is 0 Å². The predicted molar refractivity (Wildman–Crippen MR) is 53.7 cm³/mol. The van der Waals surface area contributed by atoms with Crippen molar-refractivity contribution < 1.29 is 0 Å². The first-order valence-electron chi connectivity index (χ1n) is 5.16. The third-order valence-electron chi connectivity index (χ3n) is 3.10. The minimum atomic E-state index is 0.755. The van der Waals surface area contributed by atoms with Gasteiger partial charge in [0.25, 0.3) is 0 Å². The Morgan fingerprint density at radius 3 is 2.67 bits per heavy atom. The zero-order valence-electron chi connectivity index (χ0n) is 8.56. The second-order valence-corrected chi connectivity index (χ2v) is 4.69. The zero-order chi connectivity index (χ0) is 9.14. The smallest absolute Gasteiger partial charge is 0.00921 e. The maximum Gasteiger partial charge on any atom is 0.00921 e. The minimum absolute atomic E-state index is 0.755. The average molecular weight is 167 g/mol. The second-order valence-electron chi connectivity index (χ2n) is 4.69. The van der Waals surface area contributed by atoms with E-state index in [-0.39, 0.29) is 0 Å². The standard InChI is InChI=1S/C11H21N/c1-8(2)10-6-9(3)4-5-11(12)7-10/h8-10,12H,4-7H2,1-3H3. The Bertz CT molecular complexity index is 160. The van der Waals surface area contributed by atoms with Gasteiger partial charge in [0.2, 0.25) is 0 Å². The van der Waals surface area contributed by atoms with Crippen LogP contribution in [-0.2, 0) is 0 Å². The molecule has 1 nitrogen and oxygen atoms in total. The van der Waals surface area contributed by atoms with Crippen molar-refractivity contribution in [2.24, 2.45) is 17.8 Å². The van der Waals surface area contributed by atoms with Crippen molar-refractivity contribution in [1.29, 1.82) is 5.41 Å². The summed E-state index contributed by atoms with van der Waals surface area (Å²) in [4.78, 5) is 0. The van der Waals surface area contributed by atoms with Crippen LogP contribution in [0.5, 0.6) is 0 Å². The Kier molecular flexibility index (Phi) is 3.30. The quantitative estimate of drug-likeness (QED) is 0.578. The molecule has 0 aliphatic heterocycles. The highest BCUT2D eigenvalue weighted by Gasteiger charge is 2.22. The number of hydrogen-bond acceptors (Lipinski definition) is 1. The maximum absolute atomic E-state index is 7.74. The minimum Gasteiger partial charge on any atom is -0.310 e. The largest absolute Gasteiger partial charge is 0.310 e. The van der Waals surface area contributed by atoms with Crippen molar-refractivity contribution in [1.82, 2.24) is 0 Å². The SMILES string of the molecule is CC1CCC(=N)CC(C(C)C)C1. The van der Waals surface area contributed by atoms with E-state index in [9.17, 15) is 0 Å². The predicted octanol–water partition coefficient (Wildman–Crippen LogP) is 3.49. The van der Waals surface area contributed by atoms with Crippen molar-refractivity contribution >= 4 is 5.71 Å². The number of hydrogen-bond donors (Lipinski definition) is 1. The summed E-state index contributed by atoms with van der Waals surface area (Å²) in [5.74, 6) is 2.36. The molecule has 0 aromatic heterocycles. The molecule has 0 bridgehead atoms. The van der Waals surface area contributed by atoms with Gasteiger partial charge in [0.05, 0.1) is 0 Å². The van der Waals surface area contributed by atoms with E-state index in [1.165, 1.54) is 12.8 Å². The third-order valence-corrected chi connectivity index (χ3v) is 3.10. The fourth-order valence-electron chi connectivity index (χ4n) is 2.07. The summed E-state index contributed by atoms with van der Waals surface area (Å²) >= 11 is 0. The van der Waals surface area contributed by atoms with E-state index in [1.807, 2.05) is 0 Å². The van der Waals surface area contributed by atoms with Crippen LogP contribution in [0.1, 0.15) is 46.5 Å². The van der Waals surface area contributed by atoms with Gasteiger partial charge in [0, 0.05) is 5.71 Å². The Morgan fingerprint density at radius 2 is 2.08 bits per heavy atom. The summed E-state index contributed by atoms with van der Waals surface area (Å²) < 4.78 is 0. The molecule has 0 heterocycles. The van der Waals surface area contributed by atoms with Gasteiger partial charge in [0.15, 0.2) is 0 Å². The van der Waals surface area contributed by atoms with Crippen molar-refractivity contribution in [3.63, 3.8) is 0 Å². The van der Waals surface area contributed by atoms with Gasteiger partial charge < -0.3 is 5.41 Å². The van der Waals surface area contributed by atoms with Gasteiger partial charge in [-0.3, -0.25) is 0 Å². The molecule has 0 aromatic carbocycles. The molecule has 0 spiro atoms. The molecular formula is C11H21N. The van der Waals surface area contributed by atoms with Crippen LogP contribution in [-0.4, -0.2) is 5.71 Å².